The molecule has 0 amide bonds. The van der Waals surface area contributed by atoms with Gasteiger partial charge in [0.05, 0.1) is 11.8 Å². The molecular formula is C13H22N2O. The van der Waals surface area contributed by atoms with Gasteiger partial charge >= 0.3 is 0 Å². The first-order valence-electron chi connectivity index (χ1n) is 6.20. The molecule has 1 aromatic rings. The van der Waals surface area contributed by atoms with Gasteiger partial charge in [0, 0.05) is 12.7 Å². The van der Waals surface area contributed by atoms with Crippen LogP contribution in [0.15, 0.2) is 12.4 Å². The highest BCUT2D eigenvalue weighted by Gasteiger charge is 2.09. The zero-order valence-corrected chi connectivity index (χ0v) is 10.6. The lowest BCUT2D eigenvalue weighted by molar-refractivity contribution is 0.101. The lowest BCUT2D eigenvalue weighted by atomic mass is 9.99. The number of carbonyl (C=O) groups excluding carboxylic acids is 1. The summed E-state index contributed by atoms with van der Waals surface area (Å²) in [5.74, 6) is 0.771. The second-order valence-electron chi connectivity index (χ2n) is 4.42. The summed E-state index contributed by atoms with van der Waals surface area (Å²) in [6.07, 6.45) is 8.47. The molecule has 0 bridgehead atoms. The molecule has 0 radical (unpaired) electrons. The molecule has 0 saturated carbocycles. The predicted octanol–water partition coefficient (Wildman–Crippen LogP) is 3.30. The van der Waals surface area contributed by atoms with E-state index in [9.17, 15) is 4.79 Å². The number of hydrogen-bond acceptors (Lipinski definition) is 2. The Kier molecular flexibility index (Phi) is 5.23. The maximum atomic E-state index is 11.1. The average Bonchev–Trinajstić information content (AvgIpc) is 2.72. The number of rotatable bonds is 7. The highest BCUT2D eigenvalue weighted by molar-refractivity contribution is 5.93. The van der Waals surface area contributed by atoms with Crippen LogP contribution in [-0.4, -0.2) is 15.6 Å². The third kappa shape index (κ3) is 3.80. The fraction of sp³-hybridized carbons (Fsp3) is 0.692. The molecule has 0 aromatic carbocycles. The van der Waals surface area contributed by atoms with Crippen LogP contribution in [0.3, 0.4) is 0 Å². The van der Waals surface area contributed by atoms with Crippen LogP contribution >= 0.6 is 0 Å². The number of aromatic nitrogens is 2. The summed E-state index contributed by atoms with van der Waals surface area (Å²) in [7, 11) is 0. The molecule has 0 aliphatic heterocycles. The van der Waals surface area contributed by atoms with Crippen molar-refractivity contribution >= 4 is 5.78 Å². The molecule has 0 saturated heterocycles. The van der Waals surface area contributed by atoms with Crippen molar-refractivity contribution in [1.29, 1.82) is 0 Å². The monoisotopic (exact) mass is 222 g/mol. The summed E-state index contributed by atoms with van der Waals surface area (Å²) in [6, 6.07) is 0. The lowest BCUT2D eigenvalue weighted by Gasteiger charge is -2.13. The Morgan fingerprint density at radius 3 is 2.75 bits per heavy atom. The molecule has 3 heteroatoms. The van der Waals surface area contributed by atoms with Gasteiger partial charge in [0.1, 0.15) is 0 Å². The molecule has 1 rings (SSSR count). The van der Waals surface area contributed by atoms with E-state index in [1.54, 1.807) is 13.1 Å². The van der Waals surface area contributed by atoms with Crippen LogP contribution in [0.1, 0.15) is 56.8 Å². The van der Waals surface area contributed by atoms with Gasteiger partial charge in [-0.15, -0.1) is 0 Å². The van der Waals surface area contributed by atoms with Gasteiger partial charge in [-0.05, 0) is 19.3 Å². The first-order valence-corrected chi connectivity index (χ1v) is 6.20. The molecule has 0 aliphatic rings. The summed E-state index contributed by atoms with van der Waals surface area (Å²) < 4.78 is 1.90. The van der Waals surface area contributed by atoms with Gasteiger partial charge in [0.15, 0.2) is 5.78 Å². The number of carbonyl (C=O) groups is 1. The standard InChI is InChI=1S/C13H22N2O/c1-4-6-7-12(5-2)9-15-10-13(8-14-15)11(3)16/h8,10,12H,4-7,9H2,1-3H3. The fourth-order valence-electron chi connectivity index (χ4n) is 1.83. The minimum Gasteiger partial charge on any atom is -0.294 e. The second-order valence-corrected chi connectivity index (χ2v) is 4.42. The zero-order valence-electron chi connectivity index (χ0n) is 10.6. The lowest BCUT2D eigenvalue weighted by Crippen LogP contribution is -2.10. The number of hydrogen-bond donors (Lipinski definition) is 0. The van der Waals surface area contributed by atoms with Crippen LogP contribution in [0, 0.1) is 5.92 Å². The summed E-state index contributed by atoms with van der Waals surface area (Å²) >= 11 is 0. The van der Waals surface area contributed by atoms with Gasteiger partial charge in [-0.1, -0.05) is 33.1 Å². The molecule has 1 aromatic heterocycles. The third-order valence-corrected chi connectivity index (χ3v) is 3.03. The van der Waals surface area contributed by atoms with E-state index in [4.69, 9.17) is 0 Å². The smallest absolute Gasteiger partial charge is 0.162 e. The minimum atomic E-state index is 0.0906. The highest BCUT2D eigenvalue weighted by atomic mass is 16.1. The first-order chi connectivity index (χ1) is 7.67. The summed E-state index contributed by atoms with van der Waals surface area (Å²) in [4.78, 5) is 11.1. The quantitative estimate of drug-likeness (QED) is 0.663. The third-order valence-electron chi connectivity index (χ3n) is 3.03. The molecule has 90 valence electrons. The Labute approximate surface area is 97.8 Å². The molecule has 3 nitrogen and oxygen atoms in total. The van der Waals surface area contributed by atoms with Crippen molar-refractivity contribution in [3.05, 3.63) is 18.0 Å². The van der Waals surface area contributed by atoms with Crippen LogP contribution in [-0.2, 0) is 6.54 Å². The van der Waals surface area contributed by atoms with E-state index in [0.29, 0.717) is 11.5 Å². The largest absolute Gasteiger partial charge is 0.294 e. The molecule has 0 aliphatic carbocycles. The van der Waals surface area contributed by atoms with E-state index in [-0.39, 0.29) is 5.78 Å². The topological polar surface area (TPSA) is 34.9 Å². The maximum absolute atomic E-state index is 11.1. The number of Topliss-reactive ketones (excluding diaryl/α,β-unsaturated/α-hetero) is 1. The molecule has 1 heterocycles. The molecular weight excluding hydrogens is 200 g/mol. The van der Waals surface area contributed by atoms with Crippen LogP contribution in [0.25, 0.3) is 0 Å². The molecule has 0 fully saturated rings. The van der Waals surface area contributed by atoms with Gasteiger partial charge < -0.3 is 0 Å². The Bertz CT molecular complexity index is 330. The Hall–Kier alpha value is -1.12. The molecule has 0 N–H and O–H groups in total. The van der Waals surface area contributed by atoms with E-state index in [1.807, 2.05) is 10.9 Å². The van der Waals surface area contributed by atoms with Gasteiger partial charge in [0.2, 0.25) is 0 Å². The van der Waals surface area contributed by atoms with Crippen molar-refractivity contribution in [2.24, 2.45) is 5.92 Å². The van der Waals surface area contributed by atoms with Gasteiger partial charge in [-0.2, -0.15) is 5.10 Å². The van der Waals surface area contributed by atoms with Crippen molar-refractivity contribution in [3.8, 4) is 0 Å². The highest BCUT2D eigenvalue weighted by Crippen LogP contribution is 2.15. The molecule has 1 unspecified atom stereocenters. The van der Waals surface area contributed by atoms with Crippen molar-refractivity contribution in [2.45, 2.75) is 53.0 Å². The minimum absolute atomic E-state index is 0.0906. The molecule has 0 spiro atoms. The van der Waals surface area contributed by atoms with Crippen LogP contribution in [0.4, 0.5) is 0 Å². The zero-order chi connectivity index (χ0) is 12.0. The van der Waals surface area contributed by atoms with Crippen LogP contribution in [0.5, 0.6) is 0 Å². The van der Waals surface area contributed by atoms with Gasteiger partial charge in [-0.25, -0.2) is 0 Å². The van der Waals surface area contributed by atoms with Crippen molar-refractivity contribution < 1.29 is 4.79 Å². The molecule has 16 heavy (non-hydrogen) atoms. The summed E-state index contributed by atoms with van der Waals surface area (Å²) in [6.45, 7) is 6.95. The van der Waals surface area contributed by atoms with E-state index in [1.165, 1.54) is 25.7 Å². The van der Waals surface area contributed by atoms with E-state index < -0.39 is 0 Å². The number of unbranched alkanes of at least 4 members (excludes halogenated alkanes) is 1. The Morgan fingerprint density at radius 1 is 1.50 bits per heavy atom. The van der Waals surface area contributed by atoms with Crippen LogP contribution < -0.4 is 0 Å². The normalized spacial score (nSPS) is 12.7. The number of ketones is 1. The van der Waals surface area contributed by atoms with Crippen molar-refractivity contribution in [2.75, 3.05) is 0 Å². The predicted molar refractivity (Wildman–Crippen MR) is 65.5 cm³/mol. The Morgan fingerprint density at radius 2 is 2.25 bits per heavy atom. The van der Waals surface area contributed by atoms with Gasteiger partial charge in [0.25, 0.3) is 0 Å². The molecule has 1 atom stereocenters. The Balaban J connectivity index is 2.52. The summed E-state index contributed by atoms with van der Waals surface area (Å²) in [5.41, 5.74) is 0.713. The first kappa shape index (κ1) is 12.9. The maximum Gasteiger partial charge on any atom is 0.162 e. The van der Waals surface area contributed by atoms with E-state index in [0.717, 1.165) is 6.54 Å². The SMILES string of the molecule is CCCCC(CC)Cn1cc(C(C)=O)cn1. The van der Waals surface area contributed by atoms with Crippen molar-refractivity contribution in [1.82, 2.24) is 9.78 Å². The second kappa shape index (κ2) is 6.46. The van der Waals surface area contributed by atoms with E-state index >= 15 is 0 Å². The van der Waals surface area contributed by atoms with Gasteiger partial charge in [-0.3, -0.25) is 9.48 Å². The number of nitrogens with zero attached hydrogens (tertiary/aromatic N) is 2. The summed E-state index contributed by atoms with van der Waals surface area (Å²) in [5, 5.41) is 4.23. The average molecular weight is 222 g/mol. The van der Waals surface area contributed by atoms with Crippen LogP contribution in [0.2, 0.25) is 0 Å². The fourth-order valence-corrected chi connectivity index (χ4v) is 1.83. The van der Waals surface area contributed by atoms with Crippen molar-refractivity contribution in [3.63, 3.8) is 0 Å². The van der Waals surface area contributed by atoms with E-state index in [2.05, 4.69) is 18.9 Å².